The molecule has 2 nitrogen and oxygen atoms in total. The number of rotatable bonds is 4. The zero-order valence-corrected chi connectivity index (χ0v) is 6.22. The van der Waals surface area contributed by atoms with Crippen molar-refractivity contribution in [3.63, 3.8) is 0 Å². The summed E-state index contributed by atoms with van der Waals surface area (Å²) in [6, 6.07) is 0. The van der Waals surface area contributed by atoms with Crippen LogP contribution in [0.4, 0.5) is 0 Å². The molecule has 1 unspecified atom stereocenters. The summed E-state index contributed by atoms with van der Waals surface area (Å²) in [5.41, 5.74) is 5.60. The van der Waals surface area contributed by atoms with Crippen molar-refractivity contribution in [2.24, 2.45) is 11.7 Å². The zero-order valence-electron chi connectivity index (χ0n) is 6.22. The molecule has 0 bridgehead atoms. The molecule has 0 aromatic heterocycles. The summed E-state index contributed by atoms with van der Waals surface area (Å²) in [7, 11) is 0. The van der Waals surface area contributed by atoms with Crippen LogP contribution in [0.3, 0.4) is 0 Å². The van der Waals surface area contributed by atoms with E-state index in [-0.39, 0.29) is 6.17 Å². The molecule has 54 valence electrons. The summed E-state index contributed by atoms with van der Waals surface area (Å²) in [5, 5.41) is 2.92. The van der Waals surface area contributed by atoms with E-state index in [0.29, 0.717) is 5.92 Å². The normalized spacial score (nSPS) is 13.3. The van der Waals surface area contributed by atoms with Crippen LogP contribution in [0.1, 0.15) is 20.3 Å². The summed E-state index contributed by atoms with van der Waals surface area (Å²) in [4.78, 5) is 0. The van der Waals surface area contributed by atoms with Gasteiger partial charge in [0.2, 0.25) is 0 Å². The Morgan fingerprint density at radius 2 is 2.22 bits per heavy atom. The van der Waals surface area contributed by atoms with Crippen LogP contribution < -0.4 is 11.1 Å². The number of hydrogen-bond donors (Lipinski definition) is 2. The van der Waals surface area contributed by atoms with Gasteiger partial charge in [0.1, 0.15) is 0 Å². The quantitative estimate of drug-likeness (QED) is 0.555. The second-order valence-electron chi connectivity index (χ2n) is 2.61. The molecule has 3 N–H and O–H groups in total. The average Bonchev–Trinajstić information content (AvgIpc) is 1.63. The van der Waals surface area contributed by atoms with E-state index in [4.69, 9.17) is 5.73 Å². The molecule has 9 heavy (non-hydrogen) atoms. The molecule has 0 aliphatic rings. The molecule has 0 aliphatic heterocycles. The molecule has 0 aromatic rings. The minimum Gasteiger partial charge on any atom is -0.376 e. The van der Waals surface area contributed by atoms with Crippen LogP contribution in [0.2, 0.25) is 0 Å². The summed E-state index contributed by atoms with van der Waals surface area (Å²) in [5.74, 6) is 0.646. The van der Waals surface area contributed by atoms with Crippen molar-refractivity contribution >= 4 is 0 Å². The second kappa shape index (κ2) is 4.39. The van der Waals surface area contributed by atoms with Gasteiger partial charge in [0.25, 0.3) is 0 Å². The fourth-order valence-corrected chi connectivity index (χ4v) is 0.727. The Balaban J connectivity index is 3.25. The predicted molar refractivity (Wildman–Crippen MR) is 40.8 cm³/mol. The molecule has 0 aliphatic carbocycles. The molecular weight excluding hydrogens is 112 g/mol. The Labute approximate surface area is 57.1 Å². The Morgan fingerprint density at radius 3 is 2.56 bits per heavy atom. The summed E-state index contributed by atoms with van der Waals surface area (Å²) in [6.07, 6.45) is 2.70. The molecule has 0 spiro atoms. The third-order valence-corrected chi connectivity index (χ3v) is 1.06. The summed E-state index contributed by atoms with van der Waals surface area (Å²) < 4.78 is 0. The lowest BCUT2D eigenvalue weighted by Gasteiger charge is -2.12. The van der Waals surface area contributed by atoms with Crippen molar-refractivity contribution < 1.29 is 0 Å². The van der Waals surface area contributed by atoms with Gasteiger partial charge >= 0.3 is 0 Å². The predicted octanol–water partition coefficient (Wildman–Crippen LogP) is 1.05. The van der Waals surface area contributed by atoms with Gasteiger partial charge in [-0.15, -0.1) is 0 Å². The van der Waals surface area contributed by atoms with Gasteiger partial charge < -0.3 is 11.1 Å². The maximum absolute atomic E-state index is 5.60. The largest absolute Gasteiger partial charge is 0.376 e. The Kier molecular flexibility index (Phi) is 4.14. The second-order valence-corrected chi connectivity index (χ2v) is 2.61. The van der Waals surface area contributed by atoms with Crippen LogP contribution in [0.25, 0.3) is 0 Å². The van der Waals surface area contributed by atoms with E-state index in [1.54, 1.807) is 6.20 Å². The molecule has 0 radical (unpaired) electrons. The van der Waals surface area contributed by atoms with Crippen LogP contribution in [0.15, 0.2) is 12.8 Å². The first-order chi connectivity index (χ1) is 4.16. The lowest BCUT2D eigenvalue weighted by Crippen LogP contribution is -2.34. The highest BCUT2D eigenvalue weighted by atomic mass is 15.0. The molecule has 0 fully saturated rings. The summed E-state index contributed by atoms with van der Waals surface area (Å²) in [6.45, 7) is 7.80. The van der Waals surface area contributed by atoms with Crippen LogP contribution in [-0.4, -0.2) is 6.17 Å². The van der Waals surface area contributed by atoms with Gasteiger partial charge in [-0.1, -0.05) is 20.4 Å². The first kappa shape index (κ1) is 8.50. The lowest BCUT2D eigenvalue weighted by atomic mass is 10.1. The molecular formula is C7H16N2. The zero-order chi connectivity index (χ0) is 7.28. The van der Waals surface area contributed by atoms with E-state index in [9.17, 15) is 0 Å². The van der Waals surface area contributed by atoms with E-state index in [2.05, 4.69) is 25.7 Å². The van der Waals surface area contributed by atoms with E-state index < -0.39 is 0 Å². The number of nitrogens with one attached hydrogen (secondary N) is 1. The molecule has 0 amide bonds. The smallest absolute Gasteiger partial charge is 0.0740 e. The molecule has 0 saturated heterocycles. The lowest BCUT2D eigenvalue weighted by molar-refractivity contribution is 0.466. The topological polar surface area (TPSA) is 38.0 Å². The standard InChI is InChI=1S/C7H16N2/c1-4-9-7(8)5-6(2)3/h4,6-7,9H,1,5,8H2,2-3H3. The van der Waals surface area contributed by atoms with Crippen molar-refractivity contribution in [3.8, 4) is 0 Å². The average molecular weight is 128 g/mol. The Hall–Kier alpha value is -0.500. The highest BCUT2D eigenvalue weighted by molar-refractivity contribution is 4.69. The van der Waals surface area contributed by atoms with Gasteiger partial charge in [-0.3, -0.25) is 0 Å². The van der Waals surface area contributed by atoms with Crippen LogP contribution in [0, 0.1) is 5.92 Å². The minimum atomic E-state index is 0.0718. The number of nitrogens with two attached hydrogens (primary N) is 1. The van der Waals surface area contributed by atoms with E-state index in [1.165, 1.54) is 0 Å². The fraction of sp³-hybridized carbons (Fsp3) is 0.714. The van der Waals surface area contributed by atoms with Crippen LogP contribution in [0.5, 0.6) is 0 Å². The molecule has 2 heteroatoms. The van der Waals surface area contributed by atoms with Crippen molar-refractivity contribution in [1.82, 2.24) is 5.32 Å². The minimum absolute atomic E-state index is 0.0718. The Morgan fingerprint density at radius 1 is 1.67 bits per heavy atom. The van der Waals surface area contributed by atoms with E-state index >= 15 is 0 Å². The van der Waals surface area contributed by atoms with E-state index in [1.807, 2.05) is 0 Å². The third kappa shape index (κ3) is 5.37. The van der Waals surface area contributed by atoms with Gasteiger partial charge in [-0.05, 0) is 18.5 Å². The van der Waals surface area contributed by atoms with Crippen molar-refractivity contribution in [2.45, 2.75) is 26.4 Å². The van der Waals surface area contributed by atoms with Gasteiger partial charge in [-0.2, -0.15) is 0 Å². The molecule has 0 rings (SSSR count). The first-order valence-electron chi connectivity index (χ1n) is 3.29. The molecule has 1 atom stereocenters. The first-order valence-corrected chi connectivity index (χ1v) is 3.29. The van der Waals surface area contributed by atoms with Crippen LogP contribution in [-0.2, 0) is 0 Å². The van der Waals surface area contributed by atoms with Gasteiger partial charge in [0, 0.05) is 0 Å². The summed E-state index contributed by atoms with van der Waals surface area (Å²) >= 11 is 0. The van der Waals surface area contributed by atoms with Gasteiger partial charge in [-0.25, -0.2) is 0 Å². The SMILES string of the molecule is C=CNC(N)CC(C)C. The van der Waals surface area contributed by atoms with Gasteiger partial charge in [0.15, 0.2) is 0 Å². The van der Waals surface area contributed by atoms with Crippen LogP contribution >= 0.6 is 0 Å². The third-order valence-electron chi connectivity index (χ3n) is 1.06. The molecule has 0 heterocycles. The molecule has 0 saturated carbocycles. The maximum atomic E-state index is 5.60. The van der Waals surface area contributed by atoms with Crippen molar-refractivity contribution in [2.75, 3.05) is 0 Å². The monoisotopic (exact) mass is 128 g/mol. The Bertz CT molecular complexity index is 79.0. The molecule has 0 aromatic carbocycles. The maximum Gasteiger partial charge on any atom is 0.0740 e. The van der Waals surface area contributed by atoms with Crippen molar-refractivity contribution in [1.29, 1.82) is 0 Å². The number of hydrogen-bond acceptors (Lipinski definition) is 2. The highest BCUT2D eigenvalue weighted by Gasteiger charge is 2.00. The van der Waals surface area contributed by atoms with E-state index in [0.717, 1.165) is 6.42 Å². The fourth-order valence-electron chi connectivity index (χ4n) is 0.727. The van der Waals surface area contributed by atoms with Gasteiger partial charge in [0.05, 0.1) is 6.17 Å². The highest BCUT2D eigenvalue weighted by Crippen LogP contribution is 1.99. The van der Waals surface area contributed by atoms with Crippen molar-refractivity contribution in [3.05, 3.63) is 12.8 Å².